The molecule has 2 nitrogen and oxygen atoms in total. The summed E-state index contributed by atoms with van der Waals surface area (Å²) in [6, 6.07) is 13.7. The third kappa shape index (κ3) is 3.43. The number of rotatable bonds is 4. The minimum atomic E-state index is -0.650. The number of esters is 1. The smallest absolute Gasteiger partial charge is 0.343 e. The second-order valence-electron chi connectivity index (χ2n) is 5.61. The van der Waals surface area contributed by atoms with E-state index in [1.54, 1.807) is 24.3 Å². The Morgan fingerprint density at radius 3 is 2.46 bits per heavy atom. The molecule has 0 aliphatic carbocycles. The first kappa shape index (κ1) is 16.1. The molecule has 0 fully saturated rings. The maximum atomic E-state index is 14.0. The zero-order valence-electron chi connectivity index (χ0n) is 13.2. The van der Waals surface area contributed by atoms with Crippen molar-refractivity contribution in [1.82, 2.24) is 0 Å². The molecular formula is C20H16F2O2. The molecule has 0 saturated carbocycles. The monoisotopic (exact) mass is 326 g/mol. The van der Waals surface area contributed by atoms with Gasteiger partial charge >= 0.3 is 5.97 Å². The van der Waals surface area contributed by atoms with E-state index in [2.05, 4.69) is 0 Å². The number of benzene rings is 3. The lowest BCUT2D eigenvalue weighted by Crippen LogP contribution is -2.09. The minimum absolute atomic E-state index is 0.0981. The summed E-state index contributed by atoms with van der Waals surface area (Å²) in [6.07, 6.45) is 1.68. The summed E-state index contributed by atoms with van der Waals surface area (Å²) in [4.78, 5) is 12.2. The van der Waals surface area contributed by atoms with Crippen LogP contribution in [0.5, 0.6) is 5.75 Å². The van der Waals surface area contributed by atoms with Crippen molar-refractivity contribution in [2.75, 3.05) is 0 Å². The number of hydrogen-bond donors (Lipinski definition) is 0. The van der Waals surface area contributed by atoms with Crippen LogP contribution in [0.3, 0.4) is 0 Å². The third-order valence-corrected chi connectivity index (χ3v) is 3.78. The Bertz CT molecular complexity index is 903. The van der Waals surface area contributed by atoms with Crippen molar-refractivity contribution in [1.29, 1.82) is 0 Å². The molecule has 0 heterocycles. The van der Waals surface area contributed by atoms with Gasteiger partial charge in [0.25, 0.3) is 0 Å². The maximum Gasteiger partial charge on any atom is 0.343 e. The van der Waals surface area contributed by atoms with Gasteiger partial charge in [0.1, 0.15) is 5.82 Å². The van der Waals surface area contributed by atoms with Gasteiger partial charge in [0.2, 0.25) is 0 Å². The van der Waals surface area contributed by atoms with Crippen LogP contribution in [0.2, 0.25) is 0 Å². The van der Waals surface area contributed by atoms with E-state index in [9.17, 15) is 13.6 Å². The van der Waals surface area contributed by atoms with Gasteiger partial charge in [0, 0.05) is 0 Å². The molecule has 122 valence electrons. The van der Waals surface area contributed by atoms with Crippen LogP contribution in [0.1, 0.15) is 29.3 Å². The molecule has 0 radical (unpaired) electrons. The van der Waals surface area contributed by atoms with Crippen molar-refractivity contribution >= 4 is 16.7 Å². The molecule has 3 aromatic carbocycles. The number of carbonyl (C=O) groups is 1. The Balaban J connectivity index is 1.83. The molecule has 0 bridgehead atoms. The predicted molar refractivity (Wildman–Crippen MR) is 89.3 cm³/mol. The lowest BCUT2D eigenvalue weighted by atomic mass is 10.1. The summed E-state index contributed by atoms with van der Waals surface area (Å²) in [5.74, 6) is -1.65. The van der Waals surface area contributed by atoms with Gasteiger partial charge in [-0.3, -0.25) is 0 Å². The van der Waals surface area contributed by atoms with E-state index in [0.29, 0.717) is 10.8 Å². The Labute approximate surface area is 138 Å². The molecule has 0 atom stereocenters. The average molecular weight is 326 g/mol. The largest absolute Gasteiger partial charge is 0.420 e. The number of fused-ring (bicyclic) bond motifs is 1. The first-order valence-electron chi connectivity index (χ1n) is 7.77. The van der Waals surface area contributed by atoms with Gasteiger partial charge in [-0.25, -0.2) is 13.6 Å². The van der Waals surface area contributed by atoms with E-state index in [4.69, 9.17) is 4.74 Å². The summed E-state index contributed by atoms with van der Waals surface area (Å²) >= 11 is 0. The highest BCUT2D eigenvalue weighted by Crippen LogP contribution is 2.22. The average Bonchev–Trinajstić information content (AvgIpc) is 2.57. The highest BCUT2D eigenvalue weighted by molar-refractivity contribution is 5.96. The van der Waals surface area contributed by atoms with Crippen LogP contribution in [0, 0.1) is 11.6 Å². The van der Waals surface area contributed by atoms with Crippen molar-refractivity contribution in [2.24, 2.45) is 0 Å². The zero-order valence-corrected chi connectivity index (χ0v) is 13.2. The van der Waals surface area contributed by atoms with Crippen molar-refractivity contribution in [3.63, 3.8) is 0 Å². The van der Waals surface area contributed by atoms with Gasteiger partial charge in [-0.1, -0.05) is 31.5 Å². The van der Waals surface area contributed by atoms with Crippen molar-refractivity contribution in [3.05, 3.63) is 77.4 Å². The predicted octanol–water partition coefficient (Wildman–Crippen LogP) is 5.29. The highest BCUT2D eigenvalue weighted by atomic mass is 19.1. The molecule has 3 aromatic rings. The van der Waals surface area contributed by atoms with Crippen molar-refractivity contribution in [2.45, 2.75) is 19.8 Å². The normalized spacial score (nSPS) is 10.8. The Morgan fingerprint density at radius 2 is 1.71 bits per heavy atom. The molecule has 0 saturated heterocycles. The summed E-state index contributed by atoms with van der Waals surface area (Å²) in [5, 5.41) is 1.39. The molecule has 0 aliphatic rings. The minimum Gasteiger partial charge on any atom is -0.420 e. The molecule has 3 rings (SSSR count). The van der Waals surface area contributed by atoms with E-state index in [0.717, 1.165) is 18.4 Å². The van der Waals surface area contributed by atoms with E-state index >= 15 is 0 Å². The number of aryl methyl sites for hydroxylation is 1. The molecule has 0 unspecified atom stereocenters. The molecular weight excluding hydrogens is 310 g/mol. The lowest BCUT2D eigenvalue weighted by molar-refractivity contribution is 0.0728. The van der Waals surface area contributed by atoms with E-state index in [1.165, 1.54) is 30.3 Å². The molecule has 4 heteroatoms. The van der Waals surface area contributed by atoms with Crippen LogP contribution in [0.4, 0.5) is 8.78 Å². The highest BCUT2D eigenvalue weighted by Gasteiger charge is 2.13. The van der Waals surface area contributed by atoms with E-state index in [-0.39, 0.29) is 17.1 Å². The molecule has 0 amide bonds. The van der Waals surface area contributed by atoms with Crippen LogP contribution in [-0.2, 0) is 6.42 Å². The first-order chi connectivity index (χ1) is 11.6. The van der Waals surface area contributed by atoms with Gasteiger partial charge in [-0.05, 0) is 59.2 Å². The van der Waals surface area contributed by atoms with E-state index in [1.807, 2.05) is 6.92 Å². The molecule has 0 aliphatic heterocycles. The fourth-order valence-electron chi connectivity index (χ4n) is 2.57. The maximum absolute atomic E-state index is 14.0. The first-order valence-corrected chi connectivity index (χ1v) is 7.77. The van der Waals surface area contributed by atoms with Gasteiger partial charge in [-0.15, -0.1) is 0 Å². The van der Waals surface area contributed by atoms with E-state index < -0.39 is 11.8 Å². The Kier molecular flexibility index (Phi) is 4.56. The topological polar surface area (TPSA) is 26.3 Å². The summed E-state index contributed by atoms with van der Waals surface area (Å²) in [7, 11) is 0. The van der Waals surface area contributed by atoms with Gasteiger partial charge < -0.3 is 4.74 Å². The van der Waals surface area contributed by atoms with Crippen LogP contribution < -0.4 is 4.74 Å². The van der Waals surface area contributed by atoms with Crippen LogP contribution in [0.15, 0.2) is 54.6 Å². The zero-order chi connectivity index (χ0) is 17.1. The molecule has 0 N–H and O–H groups in total. The second-order valence-corrected chi connectivity index (χ2v) is 5.61. The van der Waals surface area contributed by atoms with Gasteiger partial charge in [0.15, 0.2) is 11.6 Å². The summed E-state index contributed by atoms with van der Waals surface area (Å²) in [5.41, 5.74) is 1.15. The summed E-state index contributed by atoms with van der Waals surface area (Å²) in [6.45, 7) is 2.01. The SMILES string of the molecule is CCCc1ccc(OC(=O)c2ccc3cc(F)ccc3c2)c(F)c1. The number of hydrogen-bond acceptors (Lipinski definition) is 2. The standard InChI is InChI=1S/C20H16F2O2/c1-2-3-13-4-9-19(18(22)10-13)24-20(23)16-6-5-15-12-17(21)8-7-14(15)11-16/h4-12H,2-3H2,1H3. The second kappa shape index (κ2) is 6.79. The number of carbonyl (C=O) groups excluding carboxylic acids is 1. The Morgan fingerprint density at radius 1 is 0.958 bits per heavy atom. The Hall–Kier alpha value is -2.75. The fraction of sp³-hybridized carbons (Fsp3) is 0.150. The van der Waals surface area contributed by atoms with Crippen molar-refractivity contribution in [3.8, 4) is 5.75 Å². The third-order valence-electron chi connectivity index (χ3n) is 3.78. The number of halogens is 2. The van der Waals surface area contributed by atoms with Crippen LogP contribution in [0.25, 0.3) is 10.8 Å². The fourth-order valence-corrected chi connectivity index (χ4v) is 2.57. The van der Waals surface area contributed by atoms with Gasteiger partial charge in [0.05, 0.1) is 5.56 Å². The van der Waals surface area contributed by atoms with Crippen LogP contribution >= 0.6 is 0 Å². The quantitative estimate of drug-likeness (QED) is 0.481. The molecule has 0 aromatic heterocycles. The number of ether oxygens (including phenoxy) is 1. The molecule has 0 spiro atoms. The lowest BCUT2D eigenvalue weighted by Gasteiger charge is -2.08. The summed E-state index contributed by atoms with van der Waals surface area (Å²) < 4.78 is 32.4. The van der Waals surface area contributed by atoms with Crippen molar-refractivity contribution < 1.29 is 18.3 Å². The van der Waals surface area contributed by atoms with Crippen LogP contribution in [-0.4, -0.2) is 5.97 Å². The molecule has 24 heavy (non-hydrogen) atoms. The van der Waals surface area contributed by atoms with Gasteiger partial charge in [-0.2, -0.15) is 0 Å².